The van der Waals surface area contributed by atoms with Gasteiger partial charge in [-0.2, -0.15) is 0 Å². The Labute approximate surface area is 87.9 Å². The number of hydrogen-bond acceptors (Lipinski definition) is 4. The summed E-state index contributed by atoms with van der Waals surface area (Å²) in [7, 11) is 0. The monoisotopic (exact) mass is 258 g/mol. The minimum absolute atomic E-state index is 0.0249. The van der Waals surface area contributed by atoms with Crippen LogP contribution in [0.4, 0.5) is 0 Å². The number of aromatic nitrogens is 1. The summed E-state index contributed by atoms with van der Waals surface area (Å²) >= 11 is 4.26. The fraction of sp³-hybridized carbons (Fsp3) is 0.250. The number of carbonyl (C=O) groups is 1. The molecule has 0 bridgehead atoms. The van der Waals surface area contributed by atoms with E-state index in [0.29, 0.717) is 5.69 Å². The Morgan fingerprint density at radius 3 is 3.08 bits per heavy atom. The summed E-state index contributed by atoms with van der Waals surface area (Å²) in [6.45, 7) is 0. The second-order valence-corrected chi connectivity index (χ2v) is 3.72. The third-order valence-electron chi connectivity index (χ3n) is 1.11. The fourth-order valence-corrected chi connectivity index (χ4v) is 1.41. The summed E-state index contributed by atoms with van der Waals surface area (Å²) in [5.74, 6) is 4.34. The Bertz CT molecular complexity index is 364. The van der Waals surface area contributed by atoms with Gasteiger partial charge in [0, 0.05) is 17.1 Å². The van der Waals surface area contributed by atoms with Gasteiger partial charge < -0.3 is 9.90 Å². The van der Waals surface area contributed by atoms with Crippen molar-refractivity contribution in [3.05, 3.63) is 16.1 Å². The van der Waals surface area contributed by atoms with Crippen LogP contribution in [-0.2, 0) is 0 Å². The molecule has 0 radical (unpaired) electrons. The van der Waals surface area contributed by atoms with Crippen molar-refractivity contribution in [2.24, 2.45) is 0 Å². The van der Waals surface area contributed by atoms with Crippen LogP contribution in [0.2, 0.25) is 0 Å². The molecule has 0 N–H and O–H groups in total. The molecule has 0 aliphatic rings. The van der Waals surface area contributed by atoms with Gasteiger partial charge in [-0.1, -0.05) is 21.9 Å². The second-order valence-electron chi connectivity index (χ2n) is 2.07. The van der Waals surface area contributed by atoms with Crippen LogP contribution >= 0.6 is 27.3 Å². The predicted octanol–water partition coefficient (Wildman–Crippen LogP) is 0.643. The average molecular weight is 259 g/mol. The van der Waals surface area contributed by atoms with Gasteiger partial charge in [0.25, 0.3) is 0 Å². The molecule has 13 heavy (non-hydrogen) atoms. The van der Waals surface area contributed by atoms with E-state index in [2.05, 4.69) is 32.8 Å². The lowest BCUT2D eigenvalue weighted by Crippen LogP contribution is -2.21. The van der Waals surface area contributed by atoms with Gasteiger partial charge in [0.1, 0.15) is 16.7 Å². The zero-order valence-electron chi connectivity index (χ0n) is 6.54. The van der Waals surface area contributed by atoms with Gasteiger partial charge >= 0.3 is 0 Å². The van der Waals surface area contributed by atoms with Gasteiger partial charge in [-0.15, -0.1) is 11.3 Å². The molecule has 0 spiro atoms. The van der Waals surface area contributed by atoms with Crippen LogP contribution in [0.3, 0.4) is 0 Å². The Balaban J connectivity index is 2.71. The number of hydrogen-bond donors (Lipinski definition) is 0. The maximum Gasteiger partial charge on any atom is 0.140 e. The van der Waals surface area contributed by atoms with Crippen molar-refractivity contribution >= 4 is 33.2 Å². The molecule has 0 amide bonds. The lowest BCUT2D eigenvalue weighted by Gasteiger charge is -1.90. The summed E-state index contributed by atoms with van der Waals surface area (Å²) in [4.78, 5) is 14.1. The summed E-state index contributed by atoms with van der Waals surface area (Å²) in [6.07, 6.45) is 0.720. The number of thiazole rings is 1. The number of rotatable bonds is 2. The van der Waals surface area contributed by atoms with Crippen molar-refractivity contribution in [1.29, 1.82) is 0 Å². The molecule has 0 aliphatic carbocycles. The molecular weight excluding hydrogens is 254 g/mol. The largest absolute Gasteiger partial charge is 0.542 e. The van der Waals surface area contributed by atoms with E-state index in [4.69, 9.17) is 0 Å². The zero-order chi connectivity index (χ0) is 9.68. The van der Waals surface area contributed by atoms with Crippen molar-refractivity contribution in [2.75, 3.05) is 5.33 Å². The molecule has 0 fully saturated rings. The summed E-state index contributed by atoms with van der Waals surface area (Å²) in [5.41, 5.74) is 0.491. The smallest absolute Gasteiger partial charge is 0.140 e. The molecule has 68 valence electrons. The number of carboxylic acids is 1. The molecule has 0 saturated carbocycles. The number of nitrogens with zero attached hydrogens (tertiary/aromatic N) is 1. The summed E-state index contributed by atoms with van der Waals surface area (Å²) in [5, 5.41) is 12.7. The lowest BCUT2D eigenvalue weighted by molar-refractivity contribution is -0.255. The maximum absolute atomic E-state index is 10.3. The van der Waals surface area contributed by atoms with Crippen LogP contribution in [0.5, 0.6) is 0 Å². The number of alkyl halides is 1. The van der Waals surface area contributed by atoms with E-state index < -0.39 is 5.97 Å². The number of aromatic carboxylic acids is 1. The van der Waals surface area contributed by atoms with Crippen LogP contribution in [0.1, 0.15) is 21.9 Å². The van der Waals surface area contributed by atoms with Gasteiger partial charge in [0.2, 0.25) is 0 Å². The van der Waals surface area contributed by atoms with E-state index >= 15 is 0 Å². The first kappa shape index (κ1) is 10.2. The molecule has 1 aromatic heterocycles. The molecule has 1 heterocycles. The van der Waals surface area contributed by atoms with Crippen molar-refractivity contribution < 1.29 is 9.90 Å². The molecule has 0 atom stereocenters. The molecule has 5 heteroatoms. The van der Waals surface area contributed by atoms with Gasteiger partial charge in [-0.3, -0.25) is 0 Å². The zero-order valence-corrected chi connectivity index (χ0v) is 8.94. The van der Waals surface area contributed by atoms with Gasteiger partial charge in [-0.05, 0) is 5.92 Å². The van der Waals surface area contributed by atoms with Crippen molar-refractivity contribution in [3.8, 4) is 11.8 Å². The highest BCUT2D eigenvalue weighted by Crippen LogP contribution is 2.07. The first-order chi connectivity index (χ1) is 6.24. The molecule has 0 aliphatic heterocycles. The highest BCUT2D eigenvalue weighted by Gasteiger charge is 1.98. The normalized spacial score (nSPS) is 9.00. The Hall–Kier alpha value is -0.860. The molecule has 0 saturated heterocycles. The molecule has 0 aromatic carbocycles. The lowest BCUT2D eigenvalue weighted by atomic mass is 10.4. The van der Waals surface area contributed by atoms with Crippen molar-refractivity contribution in [3.63, 3.8) is 0 Å². The Kier molecular flexibility index (Phi) is 3.93. The van der Waals surface area contributed by atoms with Crippen LogP contribution in [0.25, 0.3) is 0 Å². The van der Waals surface area contributed by atoms with Gasteiger partial charge in [0.15, 0.2) is 0 Å². The minimum Gasteiger partial charge on any atom is -0.542 e. The van der Waals surface area contributed by atoms with E-state index in [0.717, 1.165) is 23.1 Å². The van der Waals surface area contributed by atoms with Crippen LogP contribution < -0.4 is 5.11 Å². The Morgan fingerprint density at radius 2 is 2.54 bits per heavy atom. The average Bonchev–Trinajstić information content (AvgIpc) is 2.53. The molecule has 1 aromatic rings. The molecule has 0 unspecified atom stereocenters. The summed E-state index contributed by atoms with van der Waals surface area (Å²) < 4.78 is 0. The quantitative estimate of drug-likeness (QED) is 0.578. The van der Waals surface area contributed by atoms with E-state index in [1.54, 1.807) is 5.38 Å². The topological polar surface area (TPSA) is 53.0 Å². The van der Waals surface area contributed by atoms with E-state index in [1.807, 2.05) is 0 Å². The van der Waals surface area contributed by atoms with Gasteiger partial charge in [0.05, 0.1) is 0 Å². The maximum atomic E-state index is 10.3. The fourth-order valence-electron chi connectivity index (χ4n) is 0.625. The predicted molar refractivity (Wildman–Crippen MR) is 51.7 cm³/mol. The molecular formula is C8H5BrNO2S-. The van der Waals surface area contributed by atoms with Crippen LogP contribution in [0.15, 0.2) is 5.38 Å². The molecule has 1 rings (SSSR count). The van der Waals surface area contributed by atoms with Crippen LogP contribution in [0, 0.1) is 11.8 Å². The number of carbonyl (C=O) groups excluding carboxylic acids is 1. The van der Waals surface area contributed by atoms with Crippen molar-refractivity contribution in [2.45, 2.75) is 6.42 Å². The second kappa shape index (κ2) is 5.00. The number of halogens is 1. The van der Waals surface area contributed by atoms with E-state index in [1.165, 1.54) is 0 Å². The van der Waals surface area contributed by atoms with Crippen LogP contribution in [-0.4, -0.2) is 16.3 Å². The standard InChI is InChI=1S/C8H6BrNO2S/c9-4-2-1-3-6-5-13-7(10-6)8(11)12/h5H,2,4H2,(H,11,12)/p-1. The van der Waals surface area contributed by atoms with E-state index in [-0.39, 0.29) is 5.01 Å². The van der Waals surface area contributed by atoms with Gasteiger partial charge in [-0.25, -0.2) is 4.98 Å². The first-order valence-corrected chi connectivity index (χ1v) is 5.46. The SMILES string of the molecule is O=C([O-])c1nc(C#CCCBr)cs1. The first-order valence-electron chi connectivity index (χ1n) is 3.45. The Morgan fingerprint density at radius 1 is 1.77 bits per heavy atom. The summed E-state index contributed by atoms with van der Waals surface area (Å²) in [6, 6.07) is 0. The molecule has 3 nitrogen and oxygen atoms in total. The third kappa shape index (κ3) is 3.17. The highest BCUT2D eigenvalue weighted by atomic mass is 79.9. The van der Waals surface area contributed by atoms with E-state index in [9.17, 15) is 9.90 Å². The van der Waals surface area contributed by atoms with Crippen molar-refractivity contribution in [1.82, 2.24) is 4.98 Å². The highest BCUT2D eigenvalue weighted by molar-refractivity contribution is 9.09. The minimum atomic E-state index is -1.25. The third-order valence-corrected chi connectivity index (χ3v) is 2.33. The number of carboxylic acid groups (broad SMARTS) is 1.